The lowest BCUT2D eigenvalue weighted by Crippen LogP contribution is -2.54. The van der Waals surface area contributed by atoms with Crippen molar-refractivity contribution in [3.05, 3.63) is 77.5 Å². The number of nitrogens with one attached hydrogen (secondary N) is 2. The van der Waals surface area contributed by atoms with Crippen LogP contribution in [-0.2, 0) is 0 Å². The van der Waals surface area contributed by atoms with E-state index in [2.05, 4.69) is 49.3 Å². The van der Waals surface area contributed by atoms with E-state index >= 15 is 0 Å². The number of imidazole rings is 1. The number of carbonyl (C=O) groups is 1. The fourth-order valence-electron chi connectivity index (χ4n) is 5.05. The number of benzene rings is 2. The van der Waals surface area contributed by atoms with Gasteiger partial charge in [-0.3, -0.25) is 19.2 Å². The average molecular weight is 543 g/mol. The molecular weight excluding hydrogens is 516 g/mol. The smallest absolute Gasteiger partial charge is 0.265 e. The molecule has 0 unspecified atom stereocenters. The van der Waals surface area contributed by atoms with E-state index < -0.39 is 0 Å². The lowest BCUT2D eigenvalue weighted by atomic mass is 10.1. The number of halogens is 1. The van der Waals surface area contributed by atoms with Crippen LogP contribution in [0.2, 0.25) is 5.02 Å². The Balaban J connectivity index is 1.34. The number of aromatic nitrogens is 5. The van der Waals surface area contributed by atoms with Crippen molar-refractivity contribution in [2.24, 2.45) is 0 Å². The highest BCUT2D eigenvalue weighted by molar-refractivity contribution is 6.30. The molecule has 1 amide bonds. The highest BCUT2D eigenvalue weighted by Gasteiger charge is 2.25. The first-order valence-corrected chi connectivity index (χ1v) is 13.1. The Hall–Kier alpha value is -4.28. The van der Waals surface area contributed by atoms with E-state index in [1.807, 2.05) is 19.2 Å². The molecule has 10 nitrogen and oxygen atoms in total. The SMILES string of the molecule is Cc1cn2cc(NC(=O)c3ccc(N4C[C@@H](C)N[C@H](C)C4)c4nccnc34)nc(Oc3cccc(Cl)c3)c2n1. The topological polar surface area (TPSA) is 110 Å². The van der Waals surface area contributed by atoms with Gasteiger partial charge in [-0.15, -0.1) is 0 Å². The number of piperazine rings is 1. The van der Waals surface area contributed by atoms with Gasteiger partial charge >= 0.3 is 0 Å². The maximum absolute atomic E-state index is 13.5. The maximum atomic E-state index is 13.5. The number of ether oxygens (including phenoxy) is 1. The van der Waals surface area contributed by atoms with Crippen molar-refractivity contribution in [3.63, 3.8) is 0 Å². The first-order valence-electron chi connectivity index (χ1n) is 12.7. The predicted molar refractivity (Wildman–Crippen MR) is 151 cm³/mol. The molecule has 5 aromatic rings. The van der Waals surface area contributed by atoms with Crippen LogP contribution in [0.1, 0.15) is 29.9 Å². The van der Waals surface area contributed by atoms with Crippen LogP contribution in [0.4, 0.5) is 11.5 Å². The molecule has 4 heterocycles. The number of hydrogen-bond acceptors (Lipinski definition) is 8. The number of nitrogens with zero attached hydrogens (tertiary/aromatic N) is 6. The Labute approximate surface area is 230 Å². The first kappa shape index (κ1) is 25.0. The molecule has 1 saturated heterocycles. The van der Waals surface area contributed by atoms with Gasteiger partial charge in [-0.2, -0.15) is 4.98 Å². The molecule has 0 spiro atoms. The van der Waals surface area contributed by atoms with E-state index in [4.69, 9.17) is 16.3 Å². The summed E-state index contributed by atoms with van der Waals surface area (Å²) in [5, 5.41) is 6.99. The Morgan fingerprint density at radius 2 is 1.82 bits per heavy atom. The van der Waals surface area contributed by atoms with E-state index in [-0.39, 0.29) is 11.8 Å². The number of fused-ring (bicyclic) bond motifs is 2. The molecule has 0 bridgehead atoms. The summed E-state index contributed by atoms with van der Waals surface area (Å²) in [6.45, 7) is 7.87. The fourth-order valence-corrected chi connectivity index (χ4v) is 5.23. The van der Waals surface area contributed by atoms with Gasteiger partial charge < -0.3 is 20.3 Å². The van der Waals surface area contributed by atoms with Gasteiger partial charge in [0.1, 0.15) is 16.8 Å². The van der Waals surface area contributed by atoms with E-state index in [1.54, 1.807) is 53.3 Å². The van der Waals surface area contributed by atoms with Gasteiger partial charge in [-0.1, -0.05) is 17.7 Å². The molecule has 0 aliphatic carbocycles. The van der Waals surface area contributed by atoms with E-state index in [0.717, 1.165) is 24.5 Å². The number of anilines is 2. The van der Waals surface area contributed by atoms with Gasteiger partial charge in [0.05, 0.1) is 23.1 Å². The zero-order valence-corrected chi connectivity index (χ0v) is 22.5. The molecule has 198 valence electrons. The van der Waals surface area contributed by atoms with Gasteiger partial charge in [0.25, 0.3) is 11.8 Å². The standard InChI is InChI=1S/C28H27ClN8O2/c1-16-12-36(13-17(2)32-16)22-8-7-21(24-25(22)31-10-9-30-24)27(38)34-23-15-37-14-18(3)33-26(37)28(35-23)39-20-6-4-5-19(29)11-20/h4-11,14-17,32H,12-13H2,1-3H3,(H,34,38)/t16-,17-/m1/s1. The summed E-state index contributed by atoms with van der Waals surface area (Å²) in [5.41, 5.74) is 3.88. The lowest BCUT2D eigenvalue weighted by Gasteiger charge is -2.38. The van der Waals surface area contributed by atoms with Gasteiger partial charge in [0, 0.05) is 48.8 Å². The molecule has 2 atom stereocenters. The molecule has 2 N–H and O–H groups in total. The fraction of sp³-hybridized carbons (Fsp3) is 0.250. The maximum Gasteiger partial charge on any atom is 0.265 e. The predicted octanol–water partition coefficient (Wildman–Crippen LogP) is 4.87. The van der Waals surface area contributed by atoms with Crippen LogP contribution in [0, 0.1) is 6.92 Å². The summed E-state index contributed by atoms with van der Waals surface area (Å²) in [5.74, 6) is 0.693. The van der Waals surface area contributed by atoms with Crippen molar-refractivity contribution in [1.29, 1.82) is 0 Å². The van der Waals surface area contributed by atoms with Crippen molar-refractivity contribution < 1.29 is 9.53 Å². The van der Waals surface area contributed by atoms with Gasteiger partial charge in [-0.05, 0) is 51.1 Å². The lowest BCUT2D eigenvalue weighted by molar-refractivity contribution is 0.102. The van der Waals surface area contributed by atoms with Crippen LogP contribution in [0.25, 0.3) is 16.7 Å². The third-order valence-electron chi connectivity index (χ3n) is 6.53. The Bertz CT molecular complexity index is 1690. The normalized spacial score (nSPS) is 17.5. The average Bonchev–Trinajstić information content (AvgIpc) is 3.28. The van der Waals surface area contributed by atoms with Crippen molar-refractivity contribution >= 4 is 45.7 Å². The van der Waals surface area contributed by atoms with Crippen molar-refractivity contribution in [3.8, 4) is 11.6 Å². The Morgan fingerprint density at radius 1 is 1.05 bits per heavy atom. The summed E-state index contributed by atoms with van der Waals surface area (Å²) in [4.78, 5) is 34.1. The highest BCUT2D eigenvalue weighted by atomic mass is 35.5. The Morgan fingerprint density at radius 3 is 2.59 bits per heavy atom. The number of rotatable bonds is 5. The highest BCUT2D eigenvalue weighted by Crippen LogP contribution is 2.30. The second-order valence-electron chi connectivity index (χ2n) is 9.82. The monoisotopic (exact) mass is 542 g/mol. The van der Waals surface area contributed by atoms with Crippen molar-refractivity contribution in [2.45, 2.75) is 32.9 Å². The minimum atomic E-state index is -0.355. The molecule has 39 heavy (non-hydrogen) atoms. The number of aryl methyl sites for hydroxylation is 1. The number of carbonyl (C=O) groups excluding carboxylic acids is 1. The Kier molecular flexibility index (Phi) is 6.49. The second-order valence-corrected chi connectivity index (χ2v) is 10.3. The minimum absolute atomic E-state index is 0.241. The minimum Gasteiger partial charge on any atom is -0.436 e. The molecule has 2 aromatic carbocycles. The van der Waals surface area contributed by atoms with Crippen molar-refractivity contribution in [2.75, 3.05) is 23.3 Å². The molecule has 1 aliphatic heterocycles. The number of amides is 1. The third-order valence-corrected chi connectivity index (χ3v) is 6.76. The summed E-state index contributed by atoms with van der Waals surface area (Å²) in [6, 6.07) is 11.4. The summed E-state index contributed by atoms with van der Waals surface area (Å²) >= 11 is 6.13. The zero-order valence-electron chi connectivity index (χ0n) is 21.7. The van der Waals surface area contributed by atoms with Crippen LogP contribution < -0.4 is 20.3 Å². The largest absolute Gasteiger partial charge is 0.436 e. The third kappa shape index (κ3) is 5.08. The molecule has 0 saturated carbocycles. The van der Waals surface area contributed by atoms with Crippen LogP contribution in [0.15, 0.2) is 61.2 Å². The van der Waals surface area contributed by atoms with Crippen LogP contribution in [-0.4, -0.2) is 55.4 Å². The molecule has 6 rings (SSSR count). The molecule has 1 fully saturated rings. The summed E-state index contributed by atoms with van der Waals surface area (Å²) in [7, 11) is 0. The second kappa shape index (κ2) is 10.1. The van der Waals surface area contributed by atoms with E-state index in [1.165, 1.54) is 0 Å². The molecule has 1 aliphatic rings. The summed E-state index contributed by atoms with van der Waals surface area (Å²) in [6.07, 6.45) is 6.78. The van der Waals surface area contributed by atoms with Crippen LogP contribution in [0.3, 0.4) is 0 Å². The van der Waals surface area contributed by atoms with Crippen molar-refractivity contribution in [1.82, 2.24) is 29.7 Å². The zero-order chi connectivity index (χ0) is 27.1. The number of hydrogen-bond donors (Lipinski definition) is 2. The van der Waals surface area contributed by atoms with Gasteiger partial charge in [0.15, 0.2) is 5.82 Å². The molecule has 0 radical (unpaired) electrons. The quantitative estimate of drug-likeness (QED) is 0.324. The van der Waals surface area contributed by atoms with Crippen LogP contribution in [0.5, 0.6) is 11.6 Å². The molecule has 3 aromatic heterocycles. The van der Waals surface area contributed by atoms with Gasteiger partial charge in [-0.25, -0.2) is 4.98 Å². The van der Waals surface area contributed by atoms with E-state index in [9.17, 15) is 4.79 Å². The van der Waals surface area contributed by atoms with E-state index in [0.29, 0.717) is 50.9 Å². The molecular formula is C28H27ClN8O2. The molecule has 11 heteroatoms. The first-order chi connectivity index (χ1) is 18.8. The van der Waals surface area contributed by atoms with Crippen LogP contribution >= 0.6 is 11.6 Å². The summed E-state index contributed by atoms with van der Waals surface area (Å²) < 4.78 is 7.79. The van der Waals surface area contributed by atoms with Gasteiger partial charge in [0.2, 0.25) is 5.65 Å².